The molecule has 1 aliphatic heterocycles. The summed E-state index contributed by atoms with van der Waals surface area (Å²) in [5, 5.41) is 10.8. The third-order valence-electron chi connectivity index (χ3n) is 6.01. The molecule has 1 saturated heterocycles. The Hall–Kier alpha value is -2.02. The zero-order chi connectivity index (χ0) is 20.1. The highest BCUT2D eigenvalue weighted by atomic mass is 35.5. The van der Waals surface area contributed by atoms with Gasteiger partial charge in [0.1, 0.15) is 5.75 Å². The molecule has 31 heavy (non-hydrogen) atoms. The van der Waals surface area contributed by atoms with E-state index in [1.165, 1.54) is 30.4 Å². The lowest BCUT2D eigenvalue weighted by Gasteiger charge is -2.36. The SMILES string of the molecule is Cl.Cl.O=[N+]([O-])c1ccc(N2CCN(CCCCOc3ccc4c(c3)CCC4)CC2)cc1. The minimum absolute atomic E-state index is 0. The normalized spacial score (nSPS) is 15.5. The number of rotatable bonds is 8. The number of halogens is 2. The highest BCUT2D eigenvalue weighted by Crippen LogP contribution is 2.26. The van der Waals surface area contributed by atoms with Gasteiger partial charge in [-0.15, -0.1) is 24.8 Å². The summed E-state index contributed by atoms with van der Waals surface area (Å²) in [6.45, 7) is 5.86. The van der Waals surface area contributed by atoms with Gasteiger partial charge in [0.25, 0.3) is 5.69 Å². The Morgan fingerprint density at radius 3 is 2.32 bits per heavy atom. The molecule has 8 heteroatoms. The van der Waals surface area contributed by atoms with Crippen molar-refractivity contribution in [3.8, 4) is 5.75 Å². The number of nitro groups is 1. The summed E-state index contributed by atoms with van der Waals surface area (Å²) in [6, 6.07) is 13.4. The second-order valence-electron chi connectivity index (χ2n) is 7.94. The fourth-order valence-corrected chi connectivity index (χ4v) is 4.28. The summed E-state index contributed by atoms with van der Waals surface area (Å²) in [6.07, 6.45) is 5.89. The number of hydrogen-bond donors (Lipinski definition) is 0. The molecular weight excluding hydrogens is 437 g/mol. The molecule has 0 aromatic heterocycles. The Balaban J connectivity index is 0.00000171. The van der Waals surface area contributed by atoms with E-state index < -0.39 is 0 Å². The molecule has 4 rings (SSSR count). The maximum atomic E-state index is 10.8. The van der Waals surface area contributed by atoms with E-state index in [0.717, 1.165) is 63.6 Å². The monoisotopic (exact) mass is 467 g/mol. The van der Waals surface area contributed by atoms with Crippen molar-refractivity contribution in [3.05, 3.63) is 63.7 Å². The maximum absolute atomic E-state index is 10.8. The zero-order valence-electron chi connectivity index (χ0n) is 17.7. The Labute approximate surface area is 196 Å². The predicted octanol–water partition coefficient (Wildman–Crippen LogP) is 4.91. The summed E-state index contributed by atoms with van der Waals surface area (Å²) in [5.74, 6) is 1.02. The number of nitrogens with zero attached hydrogens (tertiary/aromatic N) is 3. The molecule has 0 unspecified atom stereocenters. The molecule has 0 N–H and O–H groups in total. The highest BCUT2D eigenvalue weighted by Gasteiger charge is 2.17. The first-order chi connectivity index (χ1) is 14.2. The number of non-ortho nitro benzene ring substituents is 1. The summed E-state index contributed by atoms with van der Waals surface area (Å²) >= 11 is 0. The number of anilines is 1. The van der Waals surface area contributed by atoms with Crippen LogP contribution < -0.4 is 9.64 Å². The number of nitro benzene ring substituents is 1. The standard InChI is InChI=1S/C23H29N3O3.2ClH/c27-26(28)22-9-7-21(8-10-22)25-15-13-24(14-16-25)12-1-2-17-29-23-11-6-19-4-3-5-20(19)18-23;;/h6-11,18H,1-5,12-17H2;2*1H. The predicted molar refractivity (Wildman–Crippen MR) is 129 cm³/mol. The summed E-state index contributed by atoms with van der Waals surface area (Å²) in [7, 11) is 0. The van der Waals surface area contributed by atoms with Gasteiger partial charge in [0, 0.05) is 44.0 Å². The first-order valence-corrected chi connectivity index (χ1v) is 10.7. The van der Waals surface area contributed by atoms with Crippen LogP contribution >= 0.6 is 24.8 Å². The molecule has 1 heterocycles. The van der Waals surface area contributed by atoms with Gasteiger partial charge in [-0.05, 0) is 74.0 Å². The Morgan fingerprint density at radius 2 is 1.61 bits per heavy atom. The molecule has 2 aliphatic rings. The van der Waals surface area contributed by atoms with Gasteiger partial charge >= 0.3 is 0 Å². The minimum atomic E-state index is -0.351. The summed E-state index contributed by atoms with van der Waals surface area (Å²) in [4.78, 5) is 15.2. The Bertz CT molecular complexity index is 840. The molecule has 1 aliphatic carbocycles. The fraction of sp³-hybridized carbons (Fsp3) is 0.478. The van der Waals surface area contributed by atoms with Crippen molar-refractivity contribution in [2.45, 2.75) is 32.1 Å². The molecule has 0 radical (unpaired) electrons. The fourth-order valence-electron chi connectivity index (χ4n) is 4.28. The van der Waals surface area contributed by atoms with Crippen LogP contribution in [0.3, 0.4) is 0 Å². The van der Waals surface area contributed by atoms with Crippen LogP contribution in [-0.2, 0) is 12.8 Å². The van der Waals surface area contributed by atoms with Crippen LogP contribution in [0.15, 0.2) is 42.5 Å². The largest absolute Gasteiger partial charge is 0.494 e. The van der Waals surface area contributed by atoms with Crippen molar-refractivity contribution in [1.29, 1.82) is 0 Å². The Morgan fingerprint density at radius 1 is 0.903 bits per heavy atom. The smallest absolute Gasteiger partial charge is 0.269 e. The van der Waals surface area contributed by atoms with Crippen molar-refractivity contribution < 1.29 is 9.66 Å². The van der Waals surface area contributed by atoms with Gasteiger partial charge in [0.15, 0.2) is 0 Å². The molecule has 1 fully saturated rings. The van der Waals surface area contributed by atoms with Crippen LogP contribution in [0.25, 0.3) is 0 Å². The topological polar surface area (TPSA) is 58.9 Å². The van der Waals surface area contributed by atoms with E-state index in [1.807, 2.05) is 12.1 Å². The van der Waals surface area contributed by atoms with Crippen molar-refractivity contribution in [2.75, 3.05) is 44.2 Å². The lowest BCUT2D eigenvalue weighted by molar-refractivity contribution is -0.384. The zero-order valence-corrected chi connectivity index (χ0v) is 19.3. The molecule has 170 valence electrons. The van der Waals surface area contributed by atoms with E-state index in [-0.39, 0.29) is 35.4 Å². The van der Waals surface area contributed by atoms with Gasteiger partial charge in [0.05, 0.1) is 11.5 Å². The number of piperazine rings is 1. The third-order valence-corrected chi connectivity index (χ3v) is 6.01. The molecule has 0 bridgehead atoms. The van der Waals surface area contributed by atoms with Crippen molar-refractivity contribution in [2.24, 2.45) is 0 Å². The van der Waals surface area contributed by atoms with Gasteiger partial charge in [-0.1, -0.05) is 6.07 Å². The van der Waals surface area contributed by atoms with E-state index in [0.29, 0.717) is 0 Å². The van der Waals surface area contributed by atoms with Crippen LogP contribution in [-0.4, -0.2) is 49.2 Å². The average molecular weight is 468 g/mol. The maximum Gasteiger partial charge on any atom is 0.269 e. The molecule has 2 aromatic rings. The number of benzene rings is 2. The molecular formula is C23H31Cl2N3O3. The second-order valence-corrected chi connectivity index (χ2v) is 7.94. The van der Waals surface area contributed by atoms with E-state index in [9.17, 15) is 10.1 Å². The molecule has 2 aromatic carbocycles. The molecule has 6 nitrogen and oxygen atoms in total. The van der Waals surface area contributed by atoms with Crippen LogP contribution in [0.5, 0.6) is 5.75 Å². The number of ether oxygens (including phenoxy) is 1. The van der Waals surface area contributed by atoms with Gasteiger partial charge in [-0.25, -0.2) is 0 Å². The van der Waals surface area contributed by atoms with Crippen molar-refractivity contribution in [3.63, 3.8) is 0 Å². The lowest BCUT2D eigenvalue weighted by atomic mass is 10.1. The molecule has 0 atom stereocenters. The van der Waals surface area contributed by atoms with E-state index in [2.05, 4.69) is 28.0 Å². The Kier molecular flexibility index (Phi) is 9.88. The average Bonchev–Trinajstić information content (AvgIpc) is 3.22. The molecule has 0 saturated carbocycles. The lowest BCUT2D eigenvalue weighted by Crippen LogP contribution is -2.46. The number of hydrogen-bond acceptors (Lipinski definition) is 5. The third kappa shape index (κ3) is 6.73. The van der Waals surface area contributed by atoms with Crippen LogP contribution in [0.1, 0.15) is 30.4 Å². The highest BCUT2D eigenvalue weighted by molar-refractivity contribution is 5.85. The van der Waals surface area contributed by atoms with Gasteiger partial charge in [0.2, 0.25) is 0 Å². The second kappa shape index (κ2) is 12.1. The van der Waals surface area contributed by atoms with Gasteiger partial charge in [-0.3, -0.25) is 15.0 Å². The first kappa shape index (κ1) is 25.2. The quantitative estimate of drug-likeness (QED) is 0.313. The van der Waals surface area contributed by atoms with Crippen LogP contribution in [0.2, 0.25) is 0 Å². The summed E-state index contributed by atoms with van der Waals surface area (Å²) < 4.78 is 5.95. The van der Waals surface area contributed by atoms with E-state index in [4.69, 9.17) is 4.74 Å². The van der Waals surface area contributed by atoms with Crippen LogP contribution in [0.4, 0.5) is 11.4 Å². The van der Waals surface area contributed by atoms with Gasteiger partial charge < -0.3 is 9.64 Å². The summed E-state index contributed by atoms with van der Waals surface area (Å²) in [5.41, 5.74) is 4.17. The minimum Gasteiger partial charge on any atom is -0.494 e. The van der Waals surface area contributed by atoms with Crippen molar-refractivity contribution in [1.82, 2.24) is 4.90 Å². The molecule has 0 amide bonds. The van der Waals surface area contributed by atoms with Crippen molar-refractivity contribution >= 4 is 36.2 Å². The van der Waals surface area contributed by atoms with Gasteiger partial charge in [-0.2, -0.15) is 0 Å². The number of fused-ring (bicyclic) bond motifs is 1. The number of unbranched alkanes of at least 4 members (excludes halogenated alkanes) is 1. The first-order valence-electron chi connectivity index (χ1n) is 10.7. The van der Waals surface area contributed by atoms with Crippen LogP contribution in [0, 0.1) is 10.1 Å². The molecule has 0 spiro atoms. The van der Waals surface area contributed by atoms with E-state index >= 15 is 0 Å². The van der Waals surface area contributed by atoms with E-state index in [1.54, 1.807) is 12.1 Å². The number of aryl methyl sites for hydroxylation is 2.